The summed E-state index contributed by atoms with van der Waals surface area (Å²) in [5, 5.41) is 6.59. The zero-order chi connectivity index (χ0) is 11.5. The maximum atomic E-state index is 12.8. The molecule has 0 amide bonds. The molecule has 84 valence electrons. The van der Waals surface area contributed by atoms with Gasteiger partial charge in [-0.3, -0.25) is 0 Å². The van der Waals surface area contributed by atoms with Gasteiger partial charge in [-0.25, -0.2) is 4.39 Å². The van der Waals surface area contributed by atoms with Gasteiger partial charge < -0.3 is 9.84 Å². The minimum atomic E-state index is -0.274. The molecule has 1 heterocycles. The first-order valence-electron chi connectivity index (χ1n) is 4.63. The first kappa shape index (κ1) is 11.1. The maximum absolute atomic E-state index is 12.8. The molecule has 0 atom stereocenters. The van der Waals surface area contributed by atoms with Crippen LogP contribution in [0.2, 0.25) is 0 Å². The molecule has 0 bridgehead atoms. The highest BCUT2D eigenvalue weighted by Crippen LogP contribution is 2.19. The number of hydrogen-bond acceptors (Lipinski definition) is 4. The topological polar surface area (TPSA) is 51.0 Å². The van der Waals surface area contributed by atoms with Gasteiger partial charge in [-0.2, -0.15) is 4.98 Å². The van der Waals surface area contributed by atoms with Crippen LogP contribution in [0.15, 0.2) is 27.2 Å². The van der Waals surface area contributed by atoms with E-state index in [1.807, 2.05) is 0 Å². The van der Waals surface area contributed by atoms with Crippen molar-refractivity contribution in [3.8, 4) is 0 Å². The second-order valence-electron chi connectivity index (χ2n) is 3.24. The van der Waals surface area contributed by atoms with Crippen LogP contribution in [0.4, 0.5) is 10.4 Å². The fourth-order valence-corrected chi connectivity index (χ4v) is 1.70. The molecule has 0 radical (unpaired) electrons. The number of anilines is 1. The molecule has 2 rings (SSSR count). The summed E-state index contributed by atoms with van der Waals surface area (Å²) in [6.07, 6.45) is 0. The number of benzene rings is 1. The largest absolute Gasteiger partial charge is 0.334 e. The Morgan fingerprint density at radius 2 is 2.31 bits per heavy atom. The smallest absolute Gasteiger partial charge is 0.321 e. The highest BCUT2D eigenvalue weighted by atomic mass is 79.9. The summed E-state index contributed by atoms with van der Waals surface area (Å²) >= 11 is 3.28. The van der Waals surface area contributed by atoms with E-state index in [9.17, 15) is 4.39 Å². The Balaban J connectivity index is 2.04. The van der Waals surface area contributed by atoms with Crippen LogP contribution in [0.5, 0.6) is 0 Å². The second-order valence-corrected chi connectivity index (χ2v) is 4.09. The van der Waals surface area contributed by atoms with Crippen molar-refractivity contribution in [2.45, 2.75) is 13.5 Å². The summed E-state index contributed by atoms with van der Waals surface area (Å²) in [5.74, 6) is 0.296. The van der Waals surface area contributed by atoms with Gasteiger partial charge in [0.1, 0.15) is 5.82 Å². The van der Waals surface area contributed by atoms with Crippen LogP contribution in [0.3, 0.4) is 0 Å². The molecule has 6 heteroatoms. The molecule has 0 aliphatic carbocycles. The van der Waals surface area contributed by atoms with E-state index in [-0.39, 0.29) is 5.82 Å². The van der Waals surface area contributed by atoms with Crippen LogP contribution in [-0.2, 0) is 6.54 Å². The van der Waals surface area contributed by atoms with E-state index in [2.05, 4.69) is 31.4 Å². The quantitative estimate of drug-likeness (QED) is 0.942. The number of nitrogens with one attached hydrogen (secondary N) is 1. The molecule has 2 aromatic rings. The van der Waals surface area contributed by atoms with Gasteiger partial charge in [0, 0.05) is 11.0 Å². The van der Waals surface area contributed by atoms with Gasteiger partial charge in [0.05, 0.1) is 0 Å². The predicted octanol–water partition coefficient (Wildman–Crippen LogP) is 2.89. The van der Waals surface area contributed by atoms with E-state index in [1.54, 1.807) is 13.0 Å². The van der Waals surface area contributed by atoms with Gasteiger partial charge in [0.25, 0.3) is 0 Å². The lowest BCUT2D eigenvalue weighted by molar-refractivity contribution is 0.425. The standard InChI is InChI=1S/C10H9BrFN3O/c1-6-14-10(16-15-6)13-5-7-2-3-8(12)4-9(7)11/h2-4H,5H2,1H3,(H,13,14,15). The monoisotopic (exact) mass is 285 g/mol. The Kier molecular flexibility index (Phi) is 3.19. The molecule has 4 nitrogen and oxygen atoms in total. The summed E-state index contributed by atoms with van der Waals surface area (Å²) in [6.45, 7) is 2.23. The number of halogens is 2. The molecular formula is C10H9BrFN3O. The van der Waals surface area contributed by atoms with E-state index in [4.69, 9.17) is 4.52 Å². The van der Waals surface area contributed by atoms with Crippen LogP contribution in [0.25, 0.3) is 0 Å². The van der Waals surface area contributed by atoms with Crippen LogP contribution in [0, 0.1) is 12.7 Å². The number of nitrogens with zero attached hydrogens (tertiary/aromatic N) is 2. The zero-order valence-electron chi connectivity index (χ0n) is 8.50. The molecule has 1 aromatic heterocycles. The lowest BCUT2D eigenvalue weighted by Crippen LogP contribution is -2.00. The van der Waals surface area contributed by atoms with Crippen molar-refractivity contribution in [2.24, 2.45) is 0 Å². The van der Waals surface area contributed by atoms with Crippen LogP contribution >= 0.6 is 15.9 Å². The Labute approximate surface area is 100.0 Å². The normalized spacial score (nSPS) is 10.4. The molecular weight excluding hydrogens is 277 g/mol. The van der Waals surface area contributed by atoms with Gasteiger partial charge in [0.2, 0.25) is 0 Å². The van der Waals surface area contributed by atoms with E-state index < -0.39 is 0 Å². The summed E-state index contributed by atoms with van der Waals surface area (Å²) in [7, 11) is 0. The first-order valence-corrected chi connectivity index (χ1v) is 5.42. The molecule has 0 fully saturated rings. The van der Waals surface area contributed by atoms with Crippen molar-refractivity contribution < 1.29 is 8.91 Å². The fraction of sp³-hybridized carbons (Fsp3) is 0.200. The first-order chi connectivity index (χ1) is 7.65. The van der Waals surface area contributed by atoms with Gasteiger partial charge >= 0.3 is 6.01 Å². The van der Waals surface area contributed by atoms with Crippen LogP contribution in [0.1, 0.15) is 11.4 Å². The number of aryl methyl sites for hydroxylation is 1. The third-order valence-corrected chi connectivity index (χ3v) is 2.71. The van der Waals surface area contributed by atoms with Crippen molar-refractivity contribution in [1.29, 1.82) is 0 Å². The lowest BCUT2D eigenvalue weighted by atomic mass is 10.2. The molecule has 16 heavy (non-hydrogen) atoms. The maximum Gasteiger partial charge on any atom is 0.321 e. The van der Waals surface area contributed by atoms with Crippen LogP contribution < -0.4 is 5.32 Å². The van der Waals surface area contributed by atoms with Crippen molar-refractivity contribution in [2.75, 3.05) is 5.32 Å². The van der Waals surface area contributed by atoms with Gasteiger partial charge in [-0.15, -0.1) is 0 Å². The number of hydrogen-bond donors (Lipinski definition) is 1. The molecule has 0 saturated heterocycles. The second kappa shape index (κ2) is 4.61. The predicted molar refractivity (Wildman–Crippen MR) is 60.5 cm³/mol. The fourth-order valence-electron chi connectivity index (χ4n) is 1.20. The van der Waals surface area contributed by atoms with Gasteiger partial charge in [0.15, 0.2) is 5.82 Å². The van der Waals surface area contributed by atoms with E-state index >= 15 is 0 Å². The summed E-state index contributed by atoms with van der Waals surface area (Å²) in [5.41, 5.74) is 0.914. The molecule has 0 spiro atoms. The van der Waals surface area contributed by atoms with Crippen molar-refractivity contribution in [3.05, 3.63) is 39.9 Å². The third kappa shape index (κ3) is 2.57. The average molecular weight is 286 g/mol. The van der Waals surface area contributed by atoms with Crippen LogP contribution in [-0.4, -0.2) is 10.1 Å². The Hall–Kier alpha value is -1.43. The van der Waals surface area contributed by atoms with Crippen molar-refractivity contribution in [1.82, 2.24) is 10.1 Å². The molecule has 1 N–H and O–H groups in total. The summed E-state index contributed by atoms with van der Waals surface area (Å²) < 4.78 is 18.4. The highest BCUT2D eigenvalue weighted by Gasteiger charge is 2.04. The Bertz CT molecular complexity index is 501. The number of rotatable bonds is 3. The van der Waals surface area contributed by atoms with Crippen molar-refractivity contribution in [3.63, 3.8) is 0 Å². The van der Waals surface area contributed by atoms with Crippen molar-refractivity contribution >= 4 is 21.9 Å². The Morgan fingerprint density at radius 1 is 1.50 bits per heavy atom. The number of aromatic nitrogens is 2. The van der Waals surface area contributed by atoms with E-state index in [0.717, 1.165) is 5.56 Å². The summed E-state index contributed by atoms with van der Waals surface area (Å²) in [4.78, 5) is 3.99. The zero-order valence-corrected chi connectivity index (χ0v) is 10.1. The Morgan fingerprint density at radius 3 is 2.94 bits per heavy atom. The SMILES string of the molecule is Cc1noc(NCc2ccc(F)cc2Br)n1. The molecule has 0 saturated carbocycles. The van der Waals surface area contributed by atoms with E-state index in [0.29, 0.717) is 22.9 Å². The lowest BCUT2D eigenvalue weighted by Gasteiger charge is -2.04. The van der Waals surface area contributed by atoms with E-state index in [1.165, 1.54) is 12.1 Å². The summed E-state index contributed by atoms with van der Waals surface area (Å²) in [6, 6.07) is 4.86. The third-order valence-electron chi connectivity index (χ3n) is 1.97. The van der Waals surface area contributed by atoms with Gasteiger partial charge in [-0.05, 0) is 24.6 Å². The molecule has 0 aliphatic heterocycles. The minimum Gasteiger partial charge on any atom is -0.334 e. The molecule has 0 unspecified atom stereocenters. The average Bonchev–Trinajstić information content (AvgIpc) is 2.63. The molecule has 0 aliphatic rings. The van der Waals surface area contributed by atoms with Gasteiger partial charge in [-0.1, -0.05) is 27.2 Å². The minimum absolute atomic E-state index is 0.274. The highest BCUT2D eigenvalue weighted by molar-refractivity contribution is 9.10. The molecule has 1 aromatic carbocycles.